The summed E-state index contributed by atoms with van der Waals surface area (Å²) in [5.41, 5.74) is 1.68. The number of benzene rings is 1. The minimum absolute atomic E-state index is 0.153. The minimum Gasteiger partial charge on any atom is -0.480 e. The normalized spacial score (nSPS) is 15.1. The Hall–Kier alpha value is -2.38. The van der Waals surface area contributed by atoms with Gasteiger partial charge in [-0.05, 0) is 31.0 Å². The van der Waals surface area contributed by atoms with E-state index in [2.05, 4.69) is 10.2 Å². The number of hydrogen-bond acceptors (Lipinski definition) is 4. The van der Waals surface area contributed by atoms with E-state index in [0.29, 0.717) is 36.8 Å². The zero-order valence-corrected chi connectivity index (χ0v) is 14.2. The van der Waals surface area contributed by atoms with Crippen molar-refractivity contribution >= 4 is 23.5 Å². The van der Waals surface area contributed by atoms with Crippen molar-refractivity contribution in [3.63, 3.8) is 0 Å². The maximum Gasteiger partial charge on any atom is 0.323 e. The third-order valence-corrected chi connectivity index (χ3v) is 4.40. The Morgan fingerprint density at radius 2 is 1.96 bits per heavy atom. The van der Waals surface area contributed by atoms with E-state index in [1.165, 1.54) is 4.90 Å². The molecule has 132 valence electrons. The lowest BCUT2D eigenvalue weighted by Crippen LogP contribution is -2.46. The van der Waals surface area contributed by atoms with Crippen molar-refractivity contribution in [2.24, 2.45) is 0 Å². The number of ether oxygens (including phenoxy) is 1. The highest BCUT2D eigenvalue weighted by atomic mass is 35.5. The number of amides is 1. The van der Waals surface area contributed by atoms with Crippen molar-refractivity contribution in [2.45, 2.75) is 18.9 Å². The second-order valence-corrected chi connectivity index (χ2v) is 6.28. The van der Waals surface area contributed by atoms with Crippen molar-refractivity contribution in [1.82, 2.24) is 15.1 Å². The fraction of sp³-hybridized carbons (Fsp3) is 0.353. The molecule has 25 heavy (non-hydrogen) atoms. The first kappa shape index (κ1) is 17.4. The highest BCUT2D eigenvalue weighted by Gasteiger charge is 2.29. The lowest BCUT2D eigenvalue weighted by Gasteiger charge is -2.32. The molecule has 0 saturated carbocycles. The summed E-state index contributed by atoms with van der Waals surface area (Å²) < 4.78 is 5.30. The number of carboxylic acids is 1. The first-order valence-corrected chi connectivity index (χ1v) is 8.34. The number of carbonyl (C=O) groups is 2. The van der Waals surface area contributed by atoms with Gasteiger partial charge < -0.3 is 14.7 Å². The highest BCUT2D eigenvalue weighted by molar-refractivity contribution is 6.30. The van der Waals surface area contributed by atoms with E-state index in [-0.39, 0.29) is 24.2 Å². The molecule has 0 radical (unpaired) electrons. The lowest BCUT2D eigenvalue weighted by molar-refractivity contribution is -0.138. The zero-order chi connectivity index (χ0) is 17.8. The van der Waals surface area contributed by atoms with E-state index in [9.17, 15) is 9.59 Å². The molecular weight excluding hydrogens is 346 g/mol. The van der Waals surface area contributed by atoms with Crippen molar-refractivity contribution in [2.75, 3.05) is 19.8 Å². The van der Waals surface area contributed by atoms with Gasteiger partial charge in [0.05, 0.1) is 5.69 Å². The van der Waals surface area contributed by atoms with Crippen LogP contribution in [0.5, 0.6) is 0 Å². The average molecular weight is 364 g/mol. The van der Waals surface area contributed by atoms with Gasteiger partial charge in [0.25, 0.3) is 5.91 Å². The molecule has 3 rings (SSSR count). The molecule has 1 aromatic heterocycles. The maximum absolute atomic E-state index is 12.8. The molecule has 0 aliphatic carbocycles. The van der Waals surface area contributed by atoms with E-state index in [1.54, 1.807) is 30.3 Å². The smallest absolute Gasteiger partial charge is 0.323 e. The number of aromatic nitrogens is 2. The molecule has 1 amide bonds. The molecule has 0 unspecified atom stereocenters. The number of aromatic amines is 1. The molecule has 1 aliphatic rings. The van der Waals surface area contributed by atoms with E-state index >= 15 is 0 Å². The second-order valence-electron chi connectivity index (χ2n) is 5.84. The summed E-state index contributed by atoms with van der Waals surface area (Å²) in [7, 11) is 0. The number of rotatable bonds is 5. The lowest BCUT2D eigenvalue weighted by atomic mass is 10.1. The van der Waals surface area contributed by atoms with Crippen molar-refractivity contribution < 1.29 is 19.4 Å². The number of carboxylic acid groups (broad SMARTS) is 1. The molecular formula is C17H18ClN3O4. The molecule has 0 bridgehead atoms. The molecule has 0 spiro atoms. The molecule has 1 fully saturated rings. The number of halogens is 1. The van der Waals surface area contributed by atoms with Crippen LogP contribution in [-0.2, 0) is 9.53 Å². The van der Waals surface area contributed by atoms with Crippen LogP contribution >= 0.6 is 11.6 Å². The second kappa shape index (κ2) is 7.67. The van der Waals surface area contributed by atoms with E-state index < -0.39 is 5.97 Å². The Bertz CT molecular complexity index is 754. The number of nitrogens with one attached hydrogen (secondary N) is 1. The Kier molecular flexibility index (Phi) is 5.35. The number of carbonyl (C=O) groups excluding carboxylic acids is 1. The first-order chi connectivity index (χ1) is 12.0. The van der Waals surface area contributed by atoms with Gasteiger partial charge in [0.15, 0.2) is 0 Å². The fourth-order valence-corrected chi connectivity index (χ4v) is 2.99. The molecule has 2 heterocycles. The number of H-pyrrole nitrogens is 1. The SMILES string of the molecule is O=C(O)CN(C(=O)c1cc(-c2ccc(Cl)cc2)n[nH]1)C1CCOCC1. The van der Waals surface area contributed by atoms with Gasteiger partial charge in [-0.1, -0.05) is 23.7 Å². The molecule has 1 saturated heterocycles. The summed E-state index contributed by atoms with van der Waals surface area (Å²) in [6.45, 7) is 0.693. The molecule has 2 aromatic rings. The molecule has 2 N–H and O–H groups in total. The minimum atomic E-state index is -1.04. The maximum atomic E-state index is 12.8. The average Bonchev–Trinajstić information content (AvgIpc) is 3.10. The summed E-state index contributed by atoms with van der Waals surface area (Å²) in [6.07, 6.45) is 1.24. The van der Waals surface area contributed by atoms with E-state index in [0.717, 1.165) is 5.56 Å². The Balaban J connectivity index is 1.81. The van der Waals surface area contributed by atoms with Crippen LogP contribution in [0, 0.1) is 0 Å². The number of aliphatic carboxylic acids is 1. The highest BCUT2D eigenvalue weighted by Crippen LogP contribution is 2.22. The third kappa shape index (κ3) is 4.18. The van der Waals surface area contributed by atoms with Gasteiger partial charge >= 0.3 is 5.97 Å². The van der Waals surface area contributed by atoms with Crippen molar-refractivity contribution in [1.29, 1.82) is 0 Å². The van der Waals surface area contributed by atoms with Crippen molar-refractivity contribution in [3.8, 4) is 11.3 Å². The molecule has 1 aliphatic heterocycles. The van der Waals surface area contributed by atoms with Gasteiger partial charge in [-0.3, -0.25) is 14.7 Å². The summed E-state index contributed by atoms with van der Waals surface area (Å²) in [5.74, 6) is -1.42. The van der Waals surface area contributed by atoms with Crippen LogP contribution in [0.15, 0.2) is 30.3 Å². The summed E-state index contributed by atoms with van der Waals surface area (Å²) in [6, 6.07) is 8.57. The molecule has 7 nitrogen and oxygen atoms in total. The molecule has 8 heteroatoms. The first-order valence-electron chi connectivity index (χ1n) is 7.96. The van der Waals surface area contributed by atoms with Crippen LogP contribution < -0.4 is 0 Å². The summed E-state index contributed by atoms with van der Waals surface area (Å²) in [5, 5.41) is 16.6. The van der Waals surface area contributed by atoms with Gasteiger partial charge in [-0.15, -0.1) is 0 Å². The van der Waals surface area contributed by atoms with Gasteiger partial charge in [0, 0.05) is 29.8 Å². The van der Waals surface area contributed by atoms with Gasteiger partial charge in [-0.2, -0.15) is 5.10 Å². The third-order valence-electron chi connectivity index (χ3n) is 4.15. The van der Waals surface area contributed by atoms with E-state index in [1.807, 2.05) is 0 Å². The fourth-order valence-electron chi connectivity index (χ4n) is 2.86. The Labute approximate surface area is 149 Å². The predicted molar refractivity (Wildman–Crippen MR) is 91.5 cm³/mol. The summed E-state index contributed by atoms with van der Waals surface area (Å²) in [4.78, 5) is 25.4. The van der Waals surface area contributed by atoms with Crippen LogP contribution in [0.1, 0.15) is 23.3 Å². The molecule has 0 atom stereocenters. The van der Waals surface area contributed by atoms with Gasteiger partial charge in [-0.25, -0.2) is 0 Å². The van der Waals surface area contributed by atoms with Gasteiger partial charge in [0.2, 0.25) is 0 Å². The molecule has 1 aromatic carbocycles. The largest absolute Gasteiger partial charge is 0.480 e. The zero-order valence-electron chi connectivity index (χ0n) is 13.4. The van der Waals surface area contributed by atoms with Gasteiger partial charge in [0.1, 0.15) is 12.2 Å². The predicted octanol–water partition coefficient (Wildman–Crippen LogP) is 2.44. The number of hydrogen-bond donors (Lipinski definition) is 2. The van der Waals surface area contributed by atoms with Crippen molar-refractivity contribution in [3.05, 3.63) is 41.0 Å². The Morgan fingerprint density at radius 1 is 1.28 bits per heavy atom. The van der Waals surface area contributed by atoms with Crippen LogP contribution in [-0.4, -0.2) is 57.9 Å². The van der Waals surface area contributed by atoms with Crippen LogP contribution in [0.25, 0.3) is 11.3 Å². The summed E-state index contributed by atoms with van der Waals surface area (Å²) >= 11 is 5.88. The Morgan fingerprint density at radius 3 is 2.60 bits per heavy atom. The van der Waals surface area contributed by atoms with Crippen LogP contribution in [0.4, 0.5) is 0 Å². The monoisotopic (exact) mass is 363 g/mol. The quantitative estimate of drug-likeness (QED) is 0.850. The van der Waals surface area contributed by atoms with Crippen LogP contribution in [0.3, 0.4) is 0 Å². The van der Waals surface area contributed by atoms with Crippen LogP contribution in [0.2, 0.25) is 5.02 Å². The number of nitrogens with zero attached hydrogens (tertiary/aromatic N) is 2. The topological polar surface area (TPSA) is 95.5 Å². The van der Waals surface area contributed by atoms with E-state index in [4.69, 9.17) is 21.4 Å². The standard InChI is InChI=1S/C17H18ClN3O4/c18-12-3-1-11(2-4-12)14-9-15(20-19-14)17(24)21(10-16(22)23)13-5-7-25-8-6-13/h1-4,9,13H,5-8,10H2,(H,19,20)(H,22,23).